The van der Waals surface area contributed by atoms with Crippen molar-refractivity contribution in [1.29, 1.82) is 0 Å². The number of likely N-dealkylation sites (N-methyl/N-ethyl adjacent to an activating group) is 1. The molecule has 0 atom stereocenters. The number of hydrogen-bond donors (Lipinski definition) is 0. The van der Waals surface area contributed by atoms with E-state index in [1.54, 1.807) is 0 Å². The van der Waals surface area contributed by atoms with Crippen LogP contribution >= 0.6 is 11.6 Å². The minimum Gasteiger partial charge on any atom is -0.368 e. The third-order valence-electron chi connectivity index (χ3n) is 5.37. The van der Waals surface area contributed by atoms with Gasteiger partial charge in [-0.25, -0.2) is 0 Å². The first-order chi connectivity index (χ1) is 13.1. The van der Waals surface area contributed by atoms with Gasteiger partial charge in [0.2, 0.25) is 0 Å². The number of amides is 1. The lowest BCUT2D eigenvalue weighted by molar-refractivity contribution is -0.114. The lowest BCUT2D eigenvalue weighted by Gasteiger charge is -2.35. The lowest BCUT2D eigenvalue weighted by atomic mass is 10.1. The first-order valence-electron chi connectivity index (χ1n) is 9.42. The van der Waals surface area contributed by atoms with Gasteiger partial charge in [0.05, 0.1) is 0 Å². The first kappa shape index (κ1) is 18.1. The van der Waals surface area contributed by atoms with Crippen LogP contribution < -0.4 is 9.80 Å². The molecule has 2 fully saturated rings. The molecule has 2 heterocycles. The van der Waals surface area contributed by atoms with Gasteiger partial charge < -0.3 is 14.7 Å². The minimum atomic E-state index is 0.0884. The Morgan fingerprint density at radius 2 is 1.63 bits per heavy atom. The summed E-state index contributed by atoms with van der Waals surface area (Å²) in [7, 11) is 2.16. The topological polar surface area (TPSA) is 26.8 Å². The molecule has 2 aromatic rings. The van der Waals surface area contributed by atoms with Gasteiger partial charge in [-0.05, 0) is 55.4 Å². The predicted molar refractivity (Wildman–Crippen MR) is 113 cm³/mol. The van der Waals surface area contributed by atoms with Crippen LogP contribution in [0.15, 0.2) is 54.1 Å². The predicted octanol–water partition coefficient (Wildman–Crippen LogP) is 3.91. The molecule has 2 aliphatic heterocycles. The van der Waals surface area contributed by atoms with Crippen LogP contribution in [-0.4, -0.2) is 50.6 Å². The molecule has 0 unspecified atom stereocenters. The van der Waals surface area contributed by atoms with Crippen molar-refractivity contribution < 1.29 is 4.79 Å². The van der Waals surface area contributed by atoms with E-state index in [1.165, 1.54) is 5.69 Å². The van der Waals surface area contributed by atoms with E-state index < -0.39 is 0 Å². The standard InChI is InChI=1S/C22H24ClN3O/c1-24-12-14-25(15-13-24)21-5-3-2-4-17(21)16-18-10-11-26(22(18)27)20-8-6-19(23)7-9-20/h2-9,16H,10-15H2,1H3/b18-16+. The second-order valence-electron chi connectivity index (χ2n) is 7.20. The molecule has 5 heteroatoms. The van der Waals surface area contributed by atoms with Gasteiger partial charge in [0.1, 0.15) is 0 Å². The van der Waals surface area contributed by atoms with Crippen LogP contribution in [-0.2, 0) is 4.79 Å². The molecule has 4 rings (SSSR count). The fraction of sp³-hybridized carbons (Fsp3) is 0.318. The van der Waals surface area contributed by atoms with Crippen LogP contribution in [0.25, 0.3) is 6.08 Å². The highest BCUT2D eigenvalue weighted by molar-refractivity contribution is 6.30. The maximum absolute atomic E-state index is 12.9. The van der Waals surface area contributed by atoms with E-state index in [-0.39, 0.29) is 5.91 Å². The van der Waals surface area contributed by atoms with E-state index in [0.717, 1.165) is 49.4 Å². The Balaban J connectivity index is 1.57. The highest BCUT2D eigenvalue weighted by Crippen LogP contribution is 2.30. The number of carbonyl (C=O) groups is 1. The van der Waals surface area contributed by atoms with Crippen LogP contribution in [0.2, 0.25) is 5.02 Å². The minimum absolute atomic E-state index is 0.0884. The number of halogens is 1. The van der Waals surface area contributed by atoms with Crippen molar-refractivity contribution in [2.24, 2.45) is 0 Å². The zero-order chi connectivity index (χ0) is 18.8. The molecule has 0 aromatic heterocycles. The second kappa shape index (κ2) is 7.75. The van der Waals surface area contributed by atoms with Gasteiger partial charge in [0.15, 0.2) is 0 Å². The van der Waals surface area contributed by atoms with Crippen molar-refractivity contribution in [3.05, 3.63) is 64.7 Å². The lowest BCUT2D eigenvalue weighted by Crippen LogP contribution is -2.44. The van der Waals surface area contributed by atoms with Crippen LogP contribution in [0.4, 0.5) is 11.4 Å². The molecule has 2 saturated heterocycles. The smallest absolute Gasteiger partial charge is 0.254 e. The van der Waals surface area contributed by atoms with Gasteiger partial charge in [0.25, 0.3) is 5.91 Å². The summed E-state index contributed by atoms with van der Waals surface area (Å²) >= 11 is 5.97. The summed E-state index contributed by atoms with van der Waals surface area (Å²) in [6.45, 7) is 4.87. The molecule has 0 spiro atoms. The summed E-state index contributed by atoms with van der Waals surface area (Å²) in [5.74, 6) is 0.0884. The van der Waals surface area contributed by atoms with Crippen molar-refractivity contribution in [3.8, 4) is 0 Å². The largest absolute Gasteiger partial charge is 0.368 e. The van der Waals surface area contributed by atoms with Crippen LogP contribution in [0, 0.1) is 0 Å². The van der Waals surface area contributed by atoms with Gasteiger partial charge >= 0.3 is 0 Å². The molecule has 2 aliphatic rings. The summed E-state index contributed by atoms with van der Waals surface area (Å²) in [5, 5.41) is 0.683. The SMILES string of the molecule is CN1CCN(c2ccccc2/C=C2\CCN(c3ccc(Cl)cc3)C2=O)CC1. The number of nitrogens with zero attached hydrogens (tertiary/aromatic N) is 3. The summed E-state index contributed by atoms with van der Waals surface area (Å²) in [4.78, 5) is 19.5. The number of anilines is 2. The van der Waals surface area contributed by atoms with E-state index in [1.807, 2.05) is 35.2 Å². The second-order valence-corrected chi connectivity index (χ2v) is 7.64. The molecule has 0 aliphatic carbocycles. The van der Waals surface area contributed by atoms with Crippen LogP contribution in [0.3, 0.4) is 0 Å². The summed E-state index contributed by atoms with van der Waals surface area (Å²) in [6, 6.07) is 15.9. The maximum atomic E-state index is 12.9. The van der Waals surface area contributed by atoms with E-state index in [2.05, 4.69) is 41.1 Å². The Kier molecular flexibility index (Phi) is 5.19. The molecule has 0 N–H and O–H groups in total. The van der Waals surface area contributed by atoms with E-state index in [0.29, 0.717) is 11.6 Å². The van der Waals surface area contributed by atoms with Crippen molar-refractivity contribution in [1.82, 2.24) is 4.90 Å². The maximum Gasteiger partial charge on any atom is 0.254 e. The third-order valence-corrected chi connectivity index (χ3v) is 5.63. The van der Waals surface area contributed by atoms with Crippen molar-refractivity contribution in [2.45, 2.75) is 6.42 Å². The summed E-state index contributed by atoms with van der Waals surface area (Å²) in [5.41, 5.74) is 4.12. The zero-order valence-electron chi connectivity index (χ0n) is 15.6. The Hall–Kier alpha value is -2.30. The number of hydrogen-bond acceptors (Lipinski definition) is 3. The summed E-state index contributed by atoms with van der Waals surface area (Å²) < 4.78 is 0. The first-order valence-corrected chi connectivity index (χ1v) is 9.80. The highest BCUT2D eigenvalue weighted by atomic mass is 35.5. The molecular weight excluding hydrogens is 358 g/mol. The average molecular weight is 382 g/mol. The fourth-order valence-corrected chi connectivity index (χ4v) is 3.87. The Labute approximate surface area is 165 Å². The molecule has 140 valence electrons. The Morgan fingerprint density at radius 1 is 0.926 bits per heavy atom. The van der Waals surface area contributed by atoms with E-state index in [4.69, 9.17) is 11.6 Å². The molecule has 0 saturated carbocycles. The Bertz CT molecular complexity index is 854. The number of para-hydroxylation sites is 1. The van der Waals surface area contributed by atoms with Crippen LogP contribution in [0.1, 0.15) is 12.0 Å². The third kappa shape index (κ3) is 3.87. The van der Waals surface area contributed by atoms with Gasteiger partial charge in [-0.3, -0.25) is 4.79 Å². The van der Waals surface area contributed by atoms with Gasteiger partial charge in [-0.2, -0.15) is 0 Å². The molecule has 1 amide bonds. The number of rotatable bonds is 3. The fourth-order valence-electron chi connectivity index (χ4n) is 3.75. The normalized spacial score (nSPS) is 19.9. The summed E-state index contributed by atoms with van der Waals surface area (Å²) in [6.07, 6.45) is 2.84. The van der Waals surface area contributed by atoms with Crippen LogP contribution in [0.5, 0.6) is 0 Å². The molecule has 0 bridgehead atoms. The monoisotopic (exact) mass is 381 g/mol. The van der Waals surface area contributed by atoms with Crippen molar-refractivity contribution in [3.63, 3.8) is 0 Å². The highest BCUT2D eigenvalue weighted by Gasteiger charge is 2.27. The molecule has 2 aromatic carbocycles. The quantitative estimate of drug-likeness (QED) is 0.754. The van der Waals surface area contributed by atoms with Crippen molar-refractivity contribution >= 4 is 35.0 Å². The zero-order valence-corrected chi connectivity index (χ0v) is 16.3. The molecule has 4 nitrogen and oxygen atoms in total. The number of carbonyl (C=O) groups excluding carboxylic acids is 1. The van der Waals surface area contributed by atoms with E-state index >= 15 is 0 Å². The van der Waals surface area contributed by atoms with Crippen molar-refractivity contribution in [2.75, 3.05) is 49.6 Å². The Morgan fingerprint density at radius 3 is 2.37 bits per heavy atom. The molecule has 27 heavy (non-hydrogen) atoms. The number of piperazine rings is 1. The average Bonchev–Trinajstić information content (AvgIpc) is 3.04. The van der Waals surface area contributed by atoms with E-state index in [9.17, 15) is 4.79 Å². The number of benzene rings is 2. The van der Waals surface area contributed by atoms with Gasteiger partial charge in [-0.15, -0.1) is 0 Å². The van der Waals surface area contributed by atoms with Gasteiger partial charge in [0, 0.05) is 54.7 Å². The molecular formula is C22H24ClN3O. The van der Waals surface area contributed by atoms with Gasteiger partial charge in [-0.1, -0.05) is 29.8 Å². The molecule has 0 radical (unpaired) electrons.